The smallest absolute Gasteiger partial charge is 0.233 e. The van der Waals surface area contributed by atoms with E-state index in [-0.39, 0.29) is 12.0 Å². The summed E-state index contributed by atoms with van der Waals surface area (Å²) in [5.74, 6) is 0.686. The molecule has 1 amide bonds. The maximum atomic E-state index is 12.7. The molecule has 3 rings (SSSR count). The van der Waals surface area contributed by atoms with E-state index in [1.54, 1.807) is 0 Å². The molecule has 0 bridgehead atoms. The highest BCUT2D eigenvalue weighted by Crippen LogP contribution is 2.49. The van der Waals surface area contributed by atoms with Crippen LogP contribution in [0.4, 0.5) is 0 Å². The van der Waals surface area contributed by atoms with Crippen molar-refractivity contribution in [2.24, 2.45) is 5.92 Å². The van der Waals surface area contributed by atoms with E-state index in [4.69, 9.17) is 5.11 Å². The van der Waals surface area contributed by atoms with E-state index in [1.165, 1.54) is 5.56 Å². The molecule has 0 aromatic heterocycles. The summed E-state index contributed by atoms with van der Waals surface area (Å²) in [6.45, 7) is 1.86. The van der Waals surface area contributed by atoms with E-state index >= 15 is 0 Å². The third-order valence-electron chi connectivity index (χ3n) is 4.65. The molecule has 1 aromatic carbocycles. The van der Waals surface area contributed by atoms with Crippen LogP contribution < -0.4 is 0 Å². The minimum absolute atomic E-state index is 0.229. The molecule has 0 radical (unpaired) electrons. The van der Waals surface area contributed by atoms with Gasteiger partial charge in [0, 0.05) is 19.7 Å². The molecule has 2 aliphatic rings. The van der Waals surface area contributed by atoms with Crippen molar-refractivity contribution in [2.45, 2.75) is 31.1 Å². The van der Waals surface area contributed by atoms with Crippen LogP contribution in [-0.2, 0) is 10.2 Å². The van der Waals surface area contributed by atoms with Crippen LogP contribution in [0.5, 0.6) is 0 Å². The lowest BCUT2D eigenvalue weighted by Crippen LogP contribution is -2.44. The Bertz CT molecular complexity index is 445. The first-order chi connectivity index (χ1) is 9.26. The number of likely N-dealkylation sites (tertiary alicyclic amines) is 1. The summed E-state index contributed by atoms with van der Waals surface area (Å²) in [7, 11) is 0. The predicted octanol–water partition coefficient (Wildman–Crippen LogP) is 1.95. The normalized spacial score (nSPS) is 22.3. The van der Waals surface area contributed by atoms with Gasteiger partial charge in [-0.2, -0.15) is 0 Å². The third-order valence-corrected chi connectivity index (χ3v) is 4.65. The van der Waals surface area contributed by atoms with Crippen LogP contribution >= 0.6 is 0 Å². The molecule has 1 N–H and O–H groups in total. The van der Waals surface area contributed by atoms with Crippen LogP contribution in [0.1, 0.15) is 31.2 Å². The van der Waals surface area contributed by atoms with Crippen LogP contribution in [0.2, 0.25) is 0 Å². The van der Waals surface area contributed by atoms with Crippen molar-refractivity contribution >= 4 is 5.91 Å². The minimum Gasteiger partial charge on any atom is -0.396 e. The minimum atomic E-state index is -0.229. The Balaban J connectivity index is 1.71. The number of amides is 1. The summed E-state index contributed by atoms with van der Waals surface area (Å²) in [5.41, 5.74) is 0.942. The molecule has 2 fully saturated rings. The molecule has 0 spiro atoms. The molecule has 19 heavy (non-hydrogen) atoms. The fraction of sp³-hybridized carbons (Fsp3) is 0.562. The second-order valence-electron chi connectivity index (χ2n) is 5.87. The van der Waals surface area contributed by atoms with Gasteiger partial charge in [0.05, 0.1) is 5.41 Å². The Morgan fingerprint density at radius 1 is 1.21 bits per heavy atom. The number of hydrogen-bond acceptors (Lipinski definition) is 2. The highest BCUT2D eigenvalue weighted by molar-refractivity contribution is 5.91. The molecule has 1 saturated carbocycles. The zero-order chi connectivity index (χ0) is 13.3. The van der Waals surface area contributed by atoms with Crippen molar-refractivity contribution in [3.8, 4) is 0 Å². The Hall–Kier alpha value is -1.35. The number of benzene rings is 1. The molecule has 1 aliphatic heterocycles. The van der Waals surface area contributed by atoms with Crippen molar-refractivity contribution < 1.29 is 9.90 Å². The summed E-state index contributed by atoms with van der Waals surface area (Å²) in [6.07, 6.45) is 3.84. The van der Waals surface area contributed by atoms with Crippen molar-refractivity contribution in [1.29, 1.82) is 0 Å². The molecule has 0 unspecified atom stereocenters. The average Bonchev–Trinajstić information content (AvgIpc) is 3.29. The molecule has 3 nitrogen and oxygen atoms in total. The topological polar surface area (TPSA) is 40.5 Å². The lowest BCUT2D eigenvalue weighted by Gasteiger charge is -2.34. The van der Waals surface area contributed by atoms with Gasteiger partial charge in [-0.05, 0) is 37.2 Å². The van der Waals surface area contributed by atoms with E-state index in [9.17, 15) is 4.79 Å². The molecule has 1 saturated heterocycles. The van der Waals surface area contributed by atoms with Crippen molar-refractivity contribution in [2.75, 3.05) is 19.7 Å². The van der Waals surface area contributed by atoms with E-state index in [2.05, 4.69) is 12.1 Å². The molecule has 3 heteroatoms. The van der Waals surface area contributed by atoms with E-state index in [0.29, 0.717) is 11.8 Å². The molecule has 102 valence electrons. The Kier molecular flexibility index (Phi) is 3.31. The average molecular weight is 259 g/mol. The zero-order valence-electron chi connectivity index (χ0n) is 11.2. The van der Waals surface area contributed by atoms with Crippen LogP contribution in [0.3, 0.4) is 0 Å². The fourth-order valence-electron chi connectivity index (χ4n) is 3.13. The number of hydrogen-bond donors (Lipinski definition) is 1. The molecule has 1 heterocycles. The van der Waals surface area contributed by atoms with Crippen LogP contribution in [0, 0.1) is 5.92 Å². The first kappa shape index (κ1) is 12.7. The molecular weight excluding hydrogens is 238 g/mol. The van der Waals surface area contributed by atoms with Gasteiger partial charge >= 0.3 is 0 Å². The summed E-state index contributed by atoms with van der Waals surface area (Å²) >= 11 is 0. The van der Waals surface area contributed by atoms with Crippen molar-refractivity contribution in [1.82, 2.24) is 4.90 Å². The standard InChI is InChI=1S/C16H21NO2/c18-12-13-6-10-17(11-7-13)15(19)16(8-9-16)14-4-2-1-3-5-14/h1-5,13,18H,6-12H2. The summed E-state index contributed by atoms with van der Waals surface area (Å²) < 4.78 is 0. The second kappa shape index (κ2) is 4.97. The first-order valence-corrected chi connectivity index (χ1v) is 7.22. The molecular formula is C16H21NO2. The van der Waals surface area contributed by atoms with Crippen molar-refractivity contribution in [3.05, 3.63) is 35.9 Å². The highest BCUT2D eigenvalue weighted by atomic mass is 16.3. The number of nitrogens with zero attached hydrogens (tertiary/aromatic N) is 1. The SMILES string of the molecule is O=C(N1CCC(CO)CC1)C1(c2ccccc2)CC1. The quantitative estimate of drug-likeness (QED) is 0.901. The van der Waals surface area contributed by atoms with Gasteiger partial charge in [0.1, 0.15) is 0 Å². The van der Waals surface area contributed by atoms with Gasteiger partial charge in [-0.1, -0.05) is 30.3 Å². The molecule has 0 atom stereocenters. The largest absolute Gasteiger partial charge is 0.396 e. The number of rotatable bonds is 3. The lowest BCUT2D eigenvalue weighted by atomic mass is 9.91. The Morgan fingerprint density at radius 2 is 1.84 bits per heavy atom. The monoisotopic (exact) mass is 259 g/mol. The second-order valence-corrected chi connectivity index (χ2v) is 5.87. The fourth-order valence-corrected chi connectivity index (χ4v) is 3.13. The van der Waals surface area contributed by atoms with Crippen LogP contribution in [-0.4, -0.2) is 35.6 Å². The van der Waals surface area contributed by atoms with Gasteiger partial charge in [0.25, 0.3) is 0 Å². The maximum absolute atomic E-state index is 12.7. The first-order valence-electron chi connectivity index (χ1n) is 7.22. The number of aliphatic hydroxyl groups is 1. The van der Waals surface area contributed by atoms with E-state index in [1.807, 2.05) is 23.1 Å². The summed E-state index contributed by atoms with van der Waals surface area (Å²) in [5, 5.41) is 9.16. The Labute approximate surface area is 114 Å². The van der Waals surface area contributed by atoms with Crippen LogP contribution in [0.25, 0.3) is 0 Å². The molecule has 1 aromatic rings. The van der Waals surface area contributed by atoms with Gasteiger partial charge in [0.2, 0.25) is 5.91 Å². The highest BCUT2D eigenvalue weighted by Gasteiger charge is 2.53. The third kappa shape index (κ3) is 2.27. The zero-order valence-corrected chi connectivity index (χ0v) is 11.2. The summed E-state index contributed by atoms with van der Waals surface area (Å²) in [6, 6.07) is 10.2. The predicted molar refractivity (Wildman–Crippen MR) is 73.7 cm³/mol. The number of carbonyl (C=O) groups is 1. The van der Waals surface area contributed by atoms with Gasteiger partial charge < -0.3 is 10.0 Å². The van der Waals surface area contributed by atoms with Gasteiger partial charge in [0.15, 0.2) is 0 Å². The van der Waals surface area contributed by atoms with Gasteiger partial charge in [-0.25, -0.2) is 0 Å². The number of piperidine rings is 1. The van der Waals surface area contributed by atoms with Crippen molar-refractivity contribution in [3.63, 3.8) is 0 Å². The van der Waals surface area contributed by atoms with E-state index in [0.717, 1.165) is 38.8 Å². The van der Waals surface area contributed by atoms with Gasteiger partial charge in [-0.15, -0.1) is 0 Å². The maximum Gasteiger partial charge on any atom is 0.233 e. The number of carbonyl (C=O) groups excluding carboxylic acids is 1. The lowest BCUT2D eigenvalue weighted by molar-refractivity contribution is -0.135. The van der Waals surface area contributed by atoms with Gasteiger partial charge in [-0.3, -0.25) is 4.79 Å². The Morgan fingerprint density at radius 3 is 2.37 bits per heavy atom. The molecule has 1 aliphatic carbocycles. The number of aliphatic hydroxyl groups excluding tert-OH is 1. The van der Waals surface area contributed by atoms with E-state index < -0.39 is 0 Å². The summed E-state index contributed by atoms with van der Waals surface area (Å²) in [4.78, 5) is 14.7. The van der Waals surface area contributed by atoms with Crippen LogP contribution in [0.15, 0.2) is 30.3 Å².